The van der Waals surface area contributed by atoms with Crippen molar-refractivity contribution in [1.82, 2.24) is 25.1 Å². The van der Waals surface area contributed by atoms with E-state index in [-0.39, 0.29) is 5.91 Å². The number of anilines is 1. The van der Waals surface area contributed by atoms with Crippen LogP contribution in [-0.4, -0.2) is 86.6 Å². The first-order chi connectivity index (χ1) is 11.0. The number of likely N-dealkylation sites (N-methyl/N-ethyl adjacent to an activating group) is 1. The highest BCUT2D eigenvalue weighted by Crippen LogP contribution is 2.14. The van der Waals surface area contributed by atoms with E-state index in [4.69, 9.17) is 0 Å². The third kappa shape index (κ3) is 5.44. The van der Waals surface area contributed by atoms with Crippen molar-refractivity contribution >= 4 is 11.7 Å². The van der Waals surface area contributed by atoms with Gasteiger partial charge in [0, 0.05) is 52.0 Å². The molecule has 0 aromatic carbocycles. The molecule has 1 N–H and O–H groups in total. The van der Waals surface area contributed by atoms with E-state index in [1.54, 1.807) is 6.33 Å². The lowest BCUT2D eigenvalue weighted by Crippen LogP contribution is -2.41. The minimum atomic E-state index is 0.195. The molecule has 2 heterocycles. The molecule has 0 unspecified atom stereocenters. The second-order valence-electron chi connectivity index (χ2n) is 6.61. The third-order valence-electron chi connectivity index (χ3n) is 3.94. The Morgan fingerprint density at radius 1 is 1.35 bits per heavy atom. The Morgan fingerprint density at radius 3 is 2.83 bits per heavy atom. The predicted molar refractivity (Wildman–Crippen MR) is 91.6 cm³/mol. The van der Waals surface area contributed by atoms with Crippen LogP contribution >= 0.6 is 0 Å². The monoisotopic (exact) mass is 320 g/mol. The zero-order valence-corrected chi connectivity index (χ0v) is 14.6. The van der Waals surface area contributed by atoms with Gasteiger partial charge < -0.3 is 20.0 Å². The summed E-state index contributed by atoms with van der Waals surface area (Å²) in [6.07, 6.45) is 2.46. The molecule has 1 amide bonds. The lowest BCUT2D eigenvalue weighted by molar-refractivity contribution is -0.132. The molecule has 0 bridgehead atoms. The van der Waals surface area contributed by atoms with Gasteiger partial charge in [-0.25, -0.2) is 9.97 Å². The molecule has 1 aromatic rings. The van der Waals surface area contributed by atoms with Crippen molar-refractivity contribution in [3.8, 4) is 0 Å². The van der Waals surface area contributed by atoms with E-state index < -0.39 is 0 Å². The fourth-order valence-electron chi connectivity index (χ4n) is 2.76. The molecule has 0 radical (unpaired) electrons. The average Bonchev–Trinajstić information content (AvgIpc) is 2.72. The number of amides is 1. The second-order valence-corrected chi connectivity index (χ2v) is 6.61. The van der Waals surface area contributed by atoms with E-state index in [0.717, 1.165) is 44.1 Å². The normalized spacial score (nSPS) is 18.8. The summed E-state index contributed by atoms with van der Waals surface area (Å²) in [5, 5.41) is 3.43. The van der Waals surface area contributed by atoms with Crippen LogP contribution in [0.3, 0.4) is 0 Å². The van der Waals surface area contributed by atoms with Crippen LogP contribution in [0.1, 0.15) is 5.69 Å². The number of rotatable bonds is 5. The molecule has 1 aliphatic heterocycles. The van der Waals surface area contributed by atoms with Crippen LogP contribution in [0.4, 0.5) is 5.82 Å². The minimum Gasteiger partial charge on any atom is -0.363 e. The van der Waals surface area contributed by atoms with Gasteiger partial charge in [-0.2, -0.15) is 0 Å². The first-order valence-electron chi connectivity index (χ1n) is 8.07. The first kappa shape index (κ1) is 17.6. The topological polar surface area (TPSA) is 64.6 Å². The third-order valence-corrected chi connectivity index (χ3v) is 3.94. The van der Waals surface area contributed by atoms with Crippen LogP contribution in [0.5, 0.6) is 0 Å². The number of carbonyl (C=O) groups is 1. The Morgan fingerprint density at radius 2 is 2.13 bits per heavy atom. The summed E-state index contributed by atoms with van der Waals surface area (Å²) in [5.74, 6) is 1.48. The van der Waals surface area contributed by atoms with Crippen molar-refractivity contribution in [2.24, 2.45) is 5.92 Å². The predicted octanol–water partition coefficient (Wildman–Crippen LogP) is -0.305. The molecule has 1 fully saturated rings. The van der Waals surface area contributed by atoms with E-state index in [1.165, 1.54) is 0 Å². The second kappa shape index (κ2) is 8.21. The van der Waals surface area contributed by atoms with Gasteiger partial charge in [0.1, 0.15) is 12.1 Å². The van der Waals surface area contributed by atoms with Crippen LogP contribution in [0.15, 0.2) is 12.4 Å². The van der Waals surface area contributed by atoms with Crippen molar-refractivity contribution in [2.75, 3.05) is 65.8 Å². The van der Waals surface area contributed by atoms with Gasteiger partial charge in [0.05, 0.1) is 6.54 Å². The molecule has 0 aliphatic carbocycles. The largest absolute Gasteiger partial charge is 0.363 e. The van der Waals surface area contributed by atoms with Crippen LogP contribution in [0.2, 0.25) is 0 Å². The molecule has 128 valence electrons. The van der Waals surface area contributed by atoms with Gasteiger partial charge in [-0.15, -0.1) is 0 Å². The van der Waals surface area contributed by atoms with Gasteiger partial charge in [-0.1, -0.05) is 0 Å². The molecule has 0 spiro atoms. The smallest absolute Gasteiger partial charge is 0.236 e. The minimum absolute atomic E-state index is 0.195. The molecule has 7 nitrogen and oxygen atoms in total. The zero-order chi connectivity index (χ0) is 16.8. The Bertz CT molecular complexity index is 519. The maximum Gasteiger partial charge on any atom is 0.236 e. The molecule has 23 heavy (non-hydrogen) atoms. The van der Waals surface area contributed by atoms with Crippen LogP contribution in [-0.2, 0) is 11.2 Å². The highest BCUT2D eigenvalue weighted by molar-refractivity contribution is 5.78. The maximum absolute atomic E-state index is 12.3. The summed E-state index contributed by atoms with van der Waals surface area (Å²) < 4.78 is 0. The number of nitrogens with zero attached hydrogens (tertiary/aromatic N) is 5. The molecule has 1 atom stereocenters. The van der Waals surface area contributed by atoms with Crippen molar-refractivity contribution in [2.45, 2.75) is 6.42 Å². The van der Waals surface area contributed by atoms with E-state index in [2.05, 4.69) is 15.3 Å². The first-order valence-corrected chi connectivity index (χ1v) is 8.07. The Balaban J connectivity index is 2.01. The summed E-state index contributed by atoms with van der Waals surface area (Å²) in [5.41, 5.74) is 1.03. The van der Waals surface area contributed by atoms with Gasteiger partial charge in [-0.3, -0.25) is 4.79 Å². The van der Waals surface area contributed by atoms with E-state index in [9.17, 15) is 4.79 Å². The Hall–Kier alpha value is -1.73. The molecule has 1 saturated heterocycles. The van der Waals surface area contributed by atoms with E-state index >= 15 is 0 Å². The van der Waals surface area contributed by atoms with Crippen LogP contribution < -0.4 is 10.2 Å². The van der Waals surface area contributed by atoms with Gasteiger partial charge in [0.2, 0.25) is 5.91 Å². The van der Waals surface area contributed by atoms with Gasteiger partial charge in [0.25, 0.3) is 0 Å². The quantitative estimate of drug-likeness (QED) is 0.803. The fourth-order valence-corrected chi connectivity index (χ4v) is 2.76. The summed E-state index contributed by atoms with van der Waals surface area (Å²) in [4.78, 5) is 26.8. The van der Waals surface area contributed by atoms with Crippen molar-refractivity contribution in [3.05, 3.63) is 18.1 Å². The summed E-state index contributed by atoms with van der Waals surface area (Å²) in [6, 6.07) is 2.02. The van der Waals surface area contributed by atoms with Crippen molar-refractivity contribution in [3.63, 3.8) is 0 Å². The molecule has 2 rings (SSSR count). The molecule has 1 aliphatic rings. The summed E-state index contributed by atoms with van der Waals surface area (Å²) in [7, 11) is 7.80. The van der Waals surface area contributed by atoms with E-state index in [1.807, 2.05) is 49.0 Å². The molecular formula is C16H28N6O. The summed E-state index contributed by atoms with van der Waals surface area (Å²) >= 11 is 0. The molecule has 1 aromatic heterocycles. The van der Waals surface area contributed by atoms with Crippen molar-refractivity contribution < 1.29 is 4.79 Å². The Kier molecular flexibility index (Phi) is 6.29. The fraction of sp³-hybridized carbons (Fsp3) is 0.688. The maximum atomic E-state index is 12.3. The molecule has 7 heteroatoms. The standard InChI is InChI=1S/C16H28N6O/c1-20(2)11-16(23)22-6-5-17-9-13(10-22)7-14-8-15(21(3)4)19-12-18-14/h8,12-13,17H,5-7,9-11H2,1-4H3/t13-/m1/s1. The lowest BCUT2D eigenvalue weighted by atomic mass is 10.0. The van der Waals surface area contributed by atoms with E-state index in [0.29, 0.717) is 12.5 Å². The van der Waals surface area contributed by atoms with Crippen molar-refractivity contribution in [1.29, 1.82) is 0 Å². The Labute approximate surface area is 138 Å². The zero-order valence-electron chi connectivity index (χ0n) is 14.6. The number of carbonyl (C=O) groups excluding carboxylic acids is 1. The molecular weight excluding hydrogens is 292 g/mol. The number of hydrogen-bond donors (Lipinski definition) is 1. The summed E-state index contributed by atoms with van der Waals surface area (Å²) in [6.45, 7) is 3.78. The van der Waals surface area contributed by atoms with Gasteiger partial charge in [-0.05, 0) is 26.4 Å². The highest BCUT2D eigenvalue weighted by Gasteiger charge is 2.22. The van der Waals surface area contributed by atoms with Crippen LogP contribution in [0, 0.1) is 5.92 Å². The van der Waals surface area contributed by atoms with Gasteiger partial charge >= 0.3 is 0 Å². The average molecular weight is 320 g/mol. The number of hydrogen-bond acceptors (Lipinski definition) is 6. The lowest BCUT2D eigenvalue weighted by Gasteiger charge is -2.25. The number of nitrogens with one attached hydrogen (secondary N) is 1. The highest BCUT2D eigenvalue weighted by atomic mass is 16.2. The van der Waals surface area contributed by atoms with Crippen LogP contribution in [0.25, 0.3) is 0 Å². The molecule has 0 saturated carbocycles. The number of aromatic nitrogens is 2. The van der Waals surface area contributed by atoms with Gasteiger partial charge in [0.15, 0.2) is 0 Å². The SMILES string of the molecule is CN(C)CC(=O)N1CCNC[C@@H](Cc2cc(N(C)C)ncn2)C1.